The van der Waals surface area contributed by atoms with Gasteiger partial charge in [0.25, 0.3) is 0 Å². The van der Waals surface area contributed by atoms with Gasteiger partial charge < -0.3 is 10.2 Å². The van der Waals surface area contributed by atoms with Gasteiger partial charge in [-0.15, -0.1) is 11.3 Å². The Morgan fingerprint density at radius 1 is 1.35 bits per heavy atom. The van der Waals surface area contributed by atoms with Crippen molar-refractivity contribution in [3.8, 4) is 0 Å². The van der Waals surface area contributed by atoms with Crippen LogP contribution in [0.5, 0.6) is 0 Å². The molecule has 3 fully saturated rings. The van der Waals surface area contributed by atoms with Crippen LogP contribution in [-0.2, 0) is 16.0 Å². The molecule has 1 N–H and O–H groups in total. The lowest BCUT2D eigenvalue weighted by molar-refractivity contribution is -0.137. The summed E-state index contributed by atoms with van der Waals surface area (Å²) in [5.74, 6) is 0.679. The molecule has 1 aromatic heterocycles. The van der Waals surface area contributed by atoms with Gasteiger partial charge in [0.1, 0.15) is 0 Å². The van der Waals surface area contributed by atoms with Gasteiger partial charge in [-0.25, -0.2) is 4.98 Å². The highest BCUT2D eigenvalue weighted by atomic mass is 32.1. The standard InChI is InChI=1S/C20H23N3O2S/c24-18(9-8-17-22-14-5-1-2-6-15(14)26-17)23-12-13-11-21-19(25)20(13)10-4-3-7-16(20)23/h1-2,5-6,13,16H,3-4,7-12H2,(H,21,25). The lowest BCUT2D eigenvalue weighted by Gasteiger charge is -2.39. The predicted octanol–water partition coefficient (Wildman–Crippen LogP) is 2.75. The van der Waals surface area contributed by atoms with E-state index in [4.69, 9.17) is 0 Å². The first-order valence-electron chi connectivity index (χ1n) is 9.61. The monoisotopic (exact) mass is 369 g/mol. The van der Waals surface area contributed by atoms with Crippen LogP contribution in [0.4, 0.5) is 0 Å². The van der Waals surface area contributed by atoms with Crippen LogP contribution in [0.1, 0.15) is 37.1 Å². The van der Waals surface area contributed by atoms with Crippen LogP contribution in [0.3, 0.4) is 0 Å². The van der Waals surface area contributed by atoms with Gasteiger partial charge >= 0.3 is 0 Å². The van der Waals surface area contributed by atoms with Crippen LogP contribution in [0.15, 0.2) is 24.3 Å². The molecule has 1 saturated carbocycles. The van der Waals surface area contributed by atoms with E-state index in [1.165, 1.54) is 4.70 Å². The summed E-state index contributed by atoms with van der Waals surface area (Å²) in [6, 6.07) is 8.21. The quantitative estimate of drug-likeness (QED) is 0.905. The van der Waals surface area contributed by atoms with E-state index in [0.717, 1.165) is 49.3 Å². The molecule has 3 aliphatic rings. The summed E-state index contributed by atoms with van der Waals surface area (Å²) in [5.41, 5.74) is 0.711. The molecule has 3 heterocycles. The minimum atomic E-state index is -0.302. The average molecular weight is 369 g/mol. The highest BCUT2D eigenvalue weighted by Gasteiger charge is 2.62. The highest BCUT2D eigenvalue weighted by molar-refractivity contribution is 7.18. The van der Waals surface area contributed by atoms with Crippen molar-refractivity contribution in [3.63, 3.8) is 0 Å². The Hall–Kier alpha value is -1.95. The Morgan fingerprint density at radius 3 is 3.12 bits per heavy atom. The second-order valence-corrected chi connectivity index (χ2v) is 8.95. The summed E-state index contributed by atoms with van der Waals surface area (Å²) in [5, 5.41) is 4.08. The van der Waals surface area contributed by atoms with Crippen LogP contribution < -0.4 is 5.32 Å². The maximum Gasteiger partial charge on any atom is 0.228 e. The summed E-state index contributed by atoms with van der Waals surface area (Å²) >= 11 is 1.67. The van der Waals surface area contributed by atoms with E-state index in [-0.39, 0.29) is 23.3 Å². The van der Waals surface area contributed by atoms with Gasteiger partial charge in [0.05, 0.1) is 20.6 Å². The third-order valence-electron chi connectivity index (χ3n) is 6.58. The SMILES string of the molecule is O=C(CCc1nc2ccccc2s1)N1CC2CNC(=O)C23CCCCC13. The molecule has 6 heteroatoms. The van der Waals surface area contributed by atoms with Gasteiger partial charge in [-0.1, -0.05) is 25.0 Å². The fourth-order valence-corrected chi connectivity index (χ4v) is 6.32. The highest BCUT2D eigenvalue weighted by Crippen LogP contribution is 2.52. The number of hydrogen-bond acceptors (Lipinski definition) is 4. The molecule has 1 spiro atoms. The smallest absolute Gasteiger partial charge is 0.228 e. The molecular weight excluding hydrogens is 346 g/mol. The summed E-state index contributed by atoms with van der Waals surface area (Å²) < 4.78 is 1.17. The number of carbonyl (C=O) groups is 2. The number of fused-ring (bicyclic) bond motifs is 1. The number of amides is 2. The number of carbonyl (C=O) groups excluding carboxylic acids is 2. The molecule has 2 aliphatic heterocycles. The molecule has 136 valence electrons. The van der Waals surface area contributed by atoms with E-state index < -0.39 is 0 Å². The fraction of sp³-hybridized carbons (Fsp3) is 0.550. The maximum atomic E-state index is 13.0. The number of aryl methyl sites for hydroxylation is 1. The molecule has 3 unspecified atom stereocenters. The Bertz CT molecular complexity index is 846. The van der Waals surface area contributed by atoms with Gasteiger partial charge in [-0.2, -0.15) is 0 Å². The lowest BCUT2D eigenvalue weighted by atomic mass is 9.67. The molecule has 26 heavy (non-hydrogen) atoms. The zero-order valence-electron chi connectivity index (χ0n) is 14.7. The molecule has 3 atom stereocenters. The number of hydrogen-bond donors (Lipinski definition) is 1. The van der Waals surface area contributed by atoms with Crippen molar-refractivity contribution >= 4 is 33.4 Å². The third kappa shape index (κ3) is 2.31. The summed E-state index contributed by atoms with van der Waals surface area (Å²) in [7, 11) is 0. The van der Waals surface area contributed by atoms with Crippen molar-refractivity contribution in [3.05, 3.63) is 29.3 Å². The second-order valence-electron chi connectivity index (χ2n) is 7.83. The number of thiazole rings is 1. The Labute approximate surface area is 156 Å². The van der Waals surface area contributed by atoms with Gasteiger partial charge in [0.2, 0.25) is 11.8 Å². The zero-order valence-corrected chi connectivity index (χ0v) is 15.6. The molecule has 1 aliphatic carbocycles. The van der Waals surface area contributed by atoms with E-state index in [1.807, 2.05) is 23.1 Å². The summed E-state index contributed by atoms with van der Waals surface area (Å²) in [6.07, 6.45) is 5.31. The number of rotatable bonds is 3. The molecule has 2 amide bonds. The third-order valence-corrected chi connectivity index (χ3v) is 7.67. The molecule has 2 aromatic rings. The molecule has 5 nitrogen and oxygen atoms in total. The first kappa shape index (κ1) is 16.2. The van der Waals surface area contributed by atoms with E-state index >= 15 is 0 Å². The number of aromatic nitrogens is 1. The van der Waals surface area contributed by atoms with Gasteiger partial charge in [0.15, 0.2) is 0 Å². The molecule has 5 rings (SSSR count). The predicted molar refractivity (Wildman–Crippen MR) is 101 cm³/mol. The van der Waals surface area contributed by atoms with Crippen LogP contribution in [0.25, 0.3) is 10.2 Å². The molecule has 0 bridgehead atoms. The van der Waals surface area contributed by atoms with Crippen molar-refractivity contribution in [2.45, 2.75) is 44.6 Å². The van der Waals surface area contributed by atoms with Gasteiger partial charge in [0, 0.05) is 37.9 Å². The van der Waals surface area contributed by atoms with E-state index in [1.54, 1.807) is 11.3 Å². The minimum absolute atomic E-state index is 0.103. The number of likely N-dealkylation sites (tertiary alicyclic amines) is 1. The maximum absolute atomic E-state index is 13.0. The Morgan fingerprint density at radius 2 is 2.23 bits per heavy atom. The van der Waals surface area contributed by atoms with Crippen LogP contribution in [-0.4, -0.2) is 40.8 Å². The number of nitrogens with one attached hydrogen (secondary N) is 1. The number of benzene rings is 1. The molecule has 1 aromatic carbocycles. The first-order valence-corrected chi connectivity index (χ1v) is 10.4. The zero-order chi connectivity index (χ0) is 17.7. The molecule has 2 saturated heterocycles. The largest absolute Gasteiger partial charge is 0.355 e. The van der Waals surface area contributed by atoms with Crippen LogP contribution >= 0.6 is 11.3 Å². The number of para-hydroxylation sites is 1. The van der Waals surface area contributed by atoms with Crippen molar-refractivity contribution < 1.29 is 9.59 Å². The first-order chi connectivity index (χ1) is 12.7. The summed E-state index contributed by atoms with van der Waals surface area (Å²) in [4.78, 5) is 32.3. The van der Waals surface area contributed by atoms with Crippen LogP contribution in [0.2, 0.25) is 0 Å². The normalized spacial score (nSPS) is 30.3. The van der Waals surface area contributed by atoms with E-state index in [2.05, 4.69) is 16.4 Å². The molecule has 0 radical (unpaired) electrons. The second kappa shape index (κ2) is 6.05. The van der Waals surface area contributed by atoms with Crippen LogP contribution in [0, 0.1) is 11.3 Å². The Balaban J connectivity index is 1.32. The average Bonchev–Trinajstić information content (AvgIpc) is 3.31. The van der Waals surface area contributed by atoms with Crippen molar-refractivity contribution in [1.29, 1.82) is 0 Å². The lowest BCUT2D eigenvalue weighted by Crippen LogP contribution is -2.50. The van der Waals surface area contributed by atoms with Crippen molar-refractivity contribution in [2.75, 3.05) is 13.1 Å². The van der Waals surface area contributed by atoms with Crippen molar-refractivity contribution in [2.24, 2.45) is 11.3 Å². The van der Waals surface area contributed by atoms with E-state index in [0.29, 0.717) is 18.8 Å². The fourth-order valence-electron chi connectivity index (χ4n) is 5.35. The topological polar surface area (TPSA) is 62.3 Å². The summed E-state index contributed by atoms with van der Waals surface area (Å²) in [6.45, 7) is 1.47. The Kier molecular flexibility index (Phi) is 3.78. The van der Waals surface area contributed by atoms with Crippen molar-refractivity contribution in [1.82, 2.24) is 15.2 Å². The minimum Gasteiger partial charge on any atom is -0.355 e. The number of nitrogens with zero attached hydrogens (tertiary/aromatic N) is 2. The van der Waals surface area contributed by atoms with E-state index in [9.17, 15) is 9.59 Å². The molecular formula is C20H23N3O2S. The van der Waals surface area contributed by atoms with Gasteiger partial charge in [-0.3, -0.25) is 9.59 Å². The van der Waals surface area contributed by atoms with Gasteiger partial charge in [-0.05, 0) is 25.0 Å².